The Bertz CT molecular complexity index is 421. The number of carbonyl (C=O) groups is 1. The maximum absolute atomic E-state index is 11.9. The van der Waals surface area contributed by atoms with Gasteiger partial charge in [0.05, 0.1) is 0 Å². The van der Waals surface area contributed by atoms with E-state index in [0.29, 0.717) is 11.8 Å². The molecule has 1 amide bonds. The first-order chi connectivity index (χ1) is 10.3. The summed E-state index contributed by atoms with van der Waals surface area (Å²) in [5.74, 6) is 1.59. The van der Waals surface area contributed by atoms with Crippen LogP contribution in [0.25, 0.3) is 0 Å². The Hall–Kier alpha value is -1.20. The molecule has 0 aromatic heterocycles. The number of hydrogen-bond donors (Lipinski definition) is 1. The molecule has 0 aliphatic carbocycles. The number of ether oxygens (including phenoxy) is 2. The zero-order chi connectivity index (χ0) is 14.9. The minimum absolute atomic E-state index is 0.0635. The van der Waals surface area contributed by atoms with Gasteiger partial charge in [-0.15, -0.1) is 0 Å². The number of thioether (sulfide) groups is 1. The summed E-state index contributed by atoms with van der Waals surface area (Å²) in [6.45, 7) is 4.19. The van der Waals surface area contributed by atoms with E-state index in [2.05, 4.69) is 5.32 Å². The van der Waals surface area contributed by atoms with Crippen LogP contribution < -0.4 is 10.1 Å². The second-order valence-corrected chi connectivity index (χ2v) is 6.45. The lowest BCUT2D eigenvalue weighted by Crippen LogP contribution is -2.37. The van der Waals surface area contributed by atoms with Crippen molar-refractivity contribution in [2.75, 3.05) is 25.5 Å². The summed E-state index contributed by atoms with van der Waals surface area (Å²) in [4.78, 5) is 11.9. The summed E-state index contributed by atoms with van der Waals surface area (Å²) < 4.78 is 10.9. The average Bonchev–Trinajstić information content (AvgIpc) is 2.53. The van der Waals surface area contributed by atoms with Crippen LogP contribution >= 0.6 is 11.8 Å². The molecule has 1 unspecified atom stereocenters. The van der Waals surface area contributed by atoms with Crippen LogP contribution in [0.2, 0.25) is 0 Å². The highest BCUT2D eigenvalue weighted by Crippen LogP contribution is 2.21. The van der Waals surface area contributed by atoms with Crippen LogP contribution in [0.5, 0.6) is 5.75 Å². The highest BCUT2D eigenvalue weighted by atomic mass is 32.2. The lowest BCUT2D eigenvalue weighted by molar-refractivity contribution is -0.127. The smallest absolute Gasteiger partial charge is 0.260 e. The van der Waals surface area contributed by atoms with Gasteiger partial charge < -0.3 is 14.8 Å². The Morgan fingerprint density at radius 2 is 2.10 bits per heavy atom. The van der Waals surface area contributed by atoms with E-state index in [1.165, 1.54) is 0 Å². The normalized spacial score (nSPS) is 17.2. The molecular formula is C16H23NO3S. The summed E-state index contributed by atoms with van der Waals surface area (Å²) in [6.07, 6.45) is 1.76. The van der Waals surface area contributed by atoms with Gasteiger partial charge in [-0.1, -0.05) is 18.2 Å². The van der Waals surface area contributed by atoms with Crippen molar-refractivity contribution in [3.63, 3.8) is 0 Å². The lowest BCUT2D eigenvalue weighted by Gasteiger charge is -2.21. The number of hydrogen-bond acceptors (Lipinski definition) is 4. The van der Waals surface area contributed by atoms with Crippen molar-refractivity contribution in [2.24, 2.45) is 0 Å². The fourth-order valence-corrected chi connectivity index (χ4v) is 3.22. The van der Waals surface area contributed by atoms with E-state index in [1.807, 2.05) is 42.1 Å². The van der Waals surface area contributed by atoms with Gasteiger partial charge in [0.15, 0.2) is 6.10 Å². The number of amides is 1. The summed E-state index contributed by atoms with van der Waals surface area (Å²) in [7, 11) is 0. The van der Waals surface area contributed by atoms with E-state index in [9.17, 15) is 4.79 Å². The number of rotatable bonds is 7. The maximum Gasteiger partial charge on any atom is 0.260 e. The first-order valence-corrected chi connectivity index (χ1v) is 8.49. The molecule has 1 N–H and O–H groups in total. The van der Waals surface area contributed by atoms with Gasteiger partial charge in [-0.05, 0) is 31.9 Å². The highest BCUT2D eigenvalue weighted by Gasteiger charge is 2.16. The van der Waals surface area contributed by atoms with Crippen LogP contribution in [0.1, 0.15) is 19.8 Å². The molecule has 1 fully saturated rings. The van der Waals surface area contributed by atoms with Crippen molar-refractivity contribution in [1.82, 2.24) is 5.32 Å². The fraction of sp³-hybridized carbons (Fsp3) is 0.562. The third-order valence-corrected chi connectivity index (χ3v) is 4.73. The molecule has 2 rings (SSSR count). The van der Waals surface area contributed by atoms with Crippen LogP contribution in [-0.2, 0) is 9.53 Å². The minimum Gasteiger partial charge on any atom is -0.481 e. The first kappa shape index (κ1) is 16.2. The van der Waals surface area contributed by atoms with E-state index in [4.69, 9.17) is 9.47 Å². The molecule has 1 aliphatic heterocycles. The van der Waals surface area contributed by atoms with Crippen molar-refractivity contribution in [2.45, 2.75) is 31.1 Å². The van der Waals surface area contributed by atoms with Crippen LogP contribution in [0.4, 0.5) is 0 Å². The molecule has 1 saturated heterocycles. The molecule has 0 radical (unpaired) electrons. The molecule has 0 spiro atoms. The molecule has 0 bridgehead atoms. The molecule has 1 aromatic carbocycles. The Morgan fingerprint density at radius 1 is 1.38 bits per heavy atom. The number of carbonyl (C=O) groups excluding carboxylic acids is 1. The molecule has 1 atom stereocenters. The molecular weight excluding hydrogens is 286 g/mol. The van der Waals surface area contributed by atoms with E-state index in [0.717, 1.165) is 37.6 Å². The van der Waals surface area contributed by atoms with Gasteiger partial charge in [-0.2, -0.15) is 11.8 Å². The maximum atomic E-state index is 11.9. The molecule has 116 valence electrons. The highest BCUT2D eigenvalue weighted by molar-refractivity contribution is 7.99. The molecule has 0 saturated carbocycles. The van der Waals surface area contributed by atoms with Crippen LogP contribution in [0.15, 0.2) is 30.3 Å². The molecule has 5 heteroatoms. The fourth-order valence-electron chi connectivity index (χ4n) is 2.14. The Kier molecular flexibility index (Phi) is 6.89. The molecule has 21 heavy (non-hydrogen) atoms. The van der Waals surface area contributed by atoms with Gasteiger partial charge >= 0.3 is 0 Å². The SMILES string of the molecule is CC(Oc1ccccc1)C(=O)NCCSC1CCOCC1. The van der Waals surface area contributed by atoms with Gasteiger partial charge in [-0.25, -0.2) is 0 Å². The van der Waals surface area contributed by atoms with Crippen LogP contribution in [-0.4, -0.2) is 42.8 Å². The second-order valence-electron chi connectivity index (χ2n) is 5.05. The van der Waals surface area contributed by atoms with Crippen LogP contribution in [0.3, 0.4) is 0 Å². The van der Waals surface area contributed by atoms with Crippen LogP contribution in [0, 0.1) is 0 Å². The second kappa shape index (κ2) is 8.95. The quantitative estimate of drug-likeness (QED) is 0.786. The Balaban J connectivity index is 1.60. The summed E-state index contributed by atoms with van der Waals surface area (Å²) in [5, 5.41) is 3.60. The Morgan fingerprint density at radius 3 is 2.81 bits per heavy atom. The molecule has 1 heterocycles. The molecule has 1 aromatic rings. The lowest BCUT2D eigenvalue weighted by atomic mass is 10.2. The van der Waals surface area contributed by atoms with Crippen molar-refractivity contribution in [1.29, 1.82) is 0 Å². The minimum atomic E-state index is -0.472. The van der Waals surface area contributed by atoms with Crippen molar-refractivity contribution in [3.8, 4) is 5.75 Å². The Labute approximate surface area is 130 Å². The van der Waals surface area contributed by atoms with Gasteiger partial charge in [0.25, 0.3) is 5.91 Å². The topological polar surface area (TPSA) is 47.6 Å². The third kappa shape index (κ3) is 5.98. The zero-order valence-corrected chi connectivity index (χ0v) is 13.2. The van der Waals surface area contributed by atoms with Crippen molar-refractivity contribution < 1.29 is 14.3 Å². The monoisotopic (exact) mass is 309 g/mol. The molecule has 1 aliphatic rings. The number of benzene rings is 1. The predicted molar refractivity (Wildman–Crippen MR) is 85.8 cm³/mol. The largest absolute Gasteiger partial charge is 0.481 e. The molecule has 4 nitrogen and oxygen atoms in total. The first-order valence-electron chi connectivity index (χ1n) is 7.44. The van der Waals surface area contributed by atoms with Gasteiger partial charge in [0.2, 0.25) is 0 Å². The van der Waals surface area contributed by atoms with Gasteiger partial charge in [-0.3, -0.25) is 4.79 Å². The summed E-state index contributed by atoms with van der Waals surface area (Å²) in [6, 6.07) is 9.41. The summed E-state index contributed by atoms with van der Waals surface area (Å²) in [5.41, 5.74) is 0. The number of para-hydroxylation sites is 1. The predicted octanol–water partition coefficient (Wildman–Crippen LogP) is 2.48. The van der Waals surface area contributed by atoms with Crippen molar-refractivity contribution >= 4 is 17.7 Å². The van der Waals surface area contributed by atoms with E-state index < -0.39 is 6.10 Å². The van der Waals surface area contributed by atoms with Gasteiger partial charge in [0, 0.05) is 30.8 Å². The number of nitrogens with one attached hydrogen (secondary N) is 1. The average molecular weight is 309 g/mol. The van der Waals surface area contributed by atoms with E-state index >= 15 is 0 Å². The van der Waals surface area contributed by atoms with Gasteiger partial charge in [0.1, 0.15) is 5.75 Å². The standard InChI is InChI=1S/C16H23NO3S/c1-13(20-14-5-3-2-4-6-14)16(18)17-9-12-21-15-7-10-19-11-8-15/h2-6,13,15H,7-12H2,1H3,(H,17,18). The van der Waals surface area contributed by atoms with E-state index in [-0.39, 0.29) is 5.91 Å². The van der Waals surface area contributed by atoms with E-state index in [1.54, 1.807) is 6.92 Å². The zero-order valence-electron chi connectivity index (χ0n) is 12.4. The third-order valence-electron chi connectivity index (χ3n) is 3.35. The van der Waals surface area contributed by atoms with Crippen molar-refractivity contribution in [3.05, 3.63) is 30.3 Å². The summed E-state index contributed by atoms with van der Waals surface area (Å²) >= 11 is 1.92.